The van der Waals surface area contributed by atoms with E-state index in [1.807, 2.05) is 42.0 Å². The van der Waals surface area contributed by atoms with Crippen molar-refractivity contribution in [2.45, 2.75) is 12.5 Å². The summed E-state index contributed by atoms with van der Waals surface area (Å²) in [6, 6.07) is 15.8. The van der Waals surface area contributed by atoms with Crippen LogP contribution in [0, 0.1) is 0 Å². The number of benzene rings is 2. The van der Waals surface area contributed by atoms with Crippen molar-refractivity contribution in [3.05, 3.63) is 65.5 Å². The van der Waals surface area contributed by atoms with Crippen LogP contribution in [0.4, 0.5) is 5.13 Å². The Kier molecular flexibility index (Phi) is 7.87. The third kappa shape index (κ3) is 5.84. The molecule has 0 radical (unpaired) electrons. The fourth-order valence-electron chi connectivity index (χ4n) is 2.75. The minimum atomic E-state index is -0.640. The third-order valence-electron chi connectivity index (χ3n) is 4.39. The lowest BCUT2D eigenvalue weighted by Crippen LogP contribution is -2.44. The number of aromatic nitrogens is 1. The first kappa shape index (κ1) is 21.9. The molecule has 3 rings (SSSR count). The van der Waals surface area contributed by atoms with Crippen molar-refractivity contribution in [2.75, 3.05) is 24.4 Å². The smallest absolute Gasteiger partial charge is 0.251 e. The van der Waals surface area contributed by atoms with Gasteiger partial charge in [0.05, 0.1) is 12.8 Å². The number of rotatable bonds is 9. The Balaban J connectivity index is 1.67. The number of anilines is 1. The van der Waals surface area contributed by atoms with Gasteiger partial charge >= 0.3 is 0 Å². The highest BCUT2D eigenvalue weighted by molar-refractivity contribution is 7.98. The Morgan fingerprint density at radius 2 is 1.87 bits per heavy atom. The number of carbonyl (C=O) groups is 2. The summed E-state index contributed by atoms with van der Waals surface area (Å²) in [6.45, 7) is 0. The largest absolute Gasteiger partial charge is 0.497 e. The number of thioether (sulfide) groups is 1. The number of nitrogens with zero attached hydrogens (tertiary/aromatic N) is 1. The summed E-state index contributed by atoms with van der Waals surface area (Å²) in [5.41, 5.74) is 2.23. The lowest BCUT2D eigenvalue weighted by molar-refractivity contribution is -0.118. The van der Waals surface area contributed by atoms with E-state index in [1.54, 1.807) is 43.1 Å². The molecule has 0 fully saturated rings. The summed E-state index contributed by atoms with van der Waals surface area (Å²) < 4.78 is 5.17. The average molecular weight is 442 g/mol. The van der Waals surface area contributed by atoms with Crippen LogP contribution in [0.2, 0.25) is 0 Å². The first-order valence-corrected chi connectivity index (χ1v) is 11.6. The molecule has 0 spiro atoms. The van der Waals surface area contributed by atoms with Crippen LogP contribution in [-0.4, -0.2) is 42.0 Å². The van der Waals surface area contributed by atoms with E-state index < -0.39 is 6.04 Å². The van der Waals surface area contributed by atoms with Gasteiger partial charge in [0.1, 0.15) is 11.8 Å². The minimum Gasteiger partial charge on any atom is -0.497 e. The topological polar surface area (TPSA) is 80.3 Å². The summed E-state index contributed by atoms with van der Waals surface area (Å²) in [5.74, 6) is 0.981. The molecule has 3 aromatic rings. The SMILES string of the molecule is COc1ccc(-c2csc(NC(=O)C(CCSC)NC(=O)c3ccccc3)n2)cc1. The molecule has 1 heterocycles. The summed E-state index contributed by atoms with van der Waals surface area (Å²) in [6.07, 6.45) is 2.50. The molecule has 30 heavy (non-hydrogen) atoms. The molecule has 1 unspecified atom stereocenters. The molecule has 156 valence electrons. The van der Waals surface area contributed by atoms with Crippen molar-refractivity contribution in [1.29, 1.82) is 0 Å². The van der Waals surface area contributed by atoms with Gasteiger partial charge in [0.15, 0.2) is 5.13 Å². The second-order valence-corrected chi connectivity index (χ2v) is 8.27. The lowest BCUT2D eigenvalue weighted by Gasteiger charge is -2.17. The Bertz CT molecular complexity index is 975. The van der Waals surface area contributed by atoms with Gasteiger partial charge in [-0.05, 0) is 54.8 Å². The molecule has 0 aliphatic heterocycles. The van der Waals surface area contributed by atoms with Crippen LogP contribution in [0.3, 0.4) is 0 Å². The van der Waals surface area contributed by atoms with Gasteiger partial charge < -0.3 is 15.4 Å². The van der Waals surface area contributed by atoms with Crippen molar-refractivity contribution >= 4 is 40.0 Å². The van der Waals surface area contributed by atoms with E-state index in [4.69, 9.17) is 4.74 Å². The normalized spacial score (nSPS) is 11.5. The van der Waals surface area contributed by atoms with Crippen molar-refractivity contribution in [3.63, 3.8) is 0 Å². The Hall–Kier alpha value is -2.84. The van der Waals surface area contributed by atoms with E-state index in [-0.39, 0.29) is 11.8 Å². The second-order valence-electron chi connectivity index (χ2n) is 6.43. The Morgan fingerprint density at radius 3 is 2.53 bits per heavy atom. The van der Waals surface area contributed by atoms with Crippen LogP contribution in [0.5, 0.6) is 5.75 Å². The van der Waals surface area contributed by atoms with E-state index in [9.17, 15) is 9.59 Å². The molecule has 0 bridgehead atoms. The van der Waals surface area contributed by atoms with Crippen molar-refractivity contribution in [1.82, 2.24) is 10.3 Å². The zero-order valence-electron chi connectivity index (χ0n) is 16.8. The number of amides is 2. The molecule has 0 saturated heterocycles. The Morgan fingerprint density at radius 1 is 1.13 bits per heavy atom. The maximum absolute atomic E-state index is 12.8. The highest BCUT2D eigenvalue weighted by atomic mass is 32.2. The van der Waals surface area contributed by atoms with Gasteiger partial charge in [0, 0.05) is 16.5 Å². The van der Waals surface area contributed by atoms with Gasteiger partial charge in [0.2, 0.25) is 5.91 Å². The number of hydrogen-bond acceptors (Lipinski definition) is 6. The molecule has 2 amide bonds. The van der Waals surface area contributed by atoms with Crippen molar-refractivity contribution in [3.8, 4) is 17.0 Å². The summed E-state index contributed by atoms with van der Waals surface area (Å²) >= 11 is 2.97. The van der Waals surface area contributed by atoms with E-state index >= 15 is 0 Å². The predicted molar refractivity (Wildman–Crippen MR) is 123 cm³/mol. The van der Waals surface area contributed by atoms with Gasteiger partial charge in [-0.15, -0.1) is 11.3 Å². The zero-order valence-corrected chi connectivity index (χ0v) is 18.4. The maximum Gasteiger partial charge on any atom is 0.251 e. The molecule has 0 aliphatic rings. The molecule has 0 saturated carbocycles. The number of nitrogens with one attached hydrogen (secondary N) is 2. The minimum absolute atomic E-state index is 0.269. The highest BCUT2D eigenvalue weighted by Gasteiger charge is 2.22. The molecular weight excluding hydrogens is 418 g/mol. The van der Waals surface area contributed by atoms with Gasteiger partial charge in [-0.3, -0.25) is 9.59 Å². The quantitative estimate of drug-likeness (QED) is 0.517. The lowest BCUT2D eigenvalue weighted by atomic mass is 10.1. The summed E-state index contributed by atoms with van der Waals surface area (Å²) in [4.78, 5) is 29.8. The van der Waals surface area contributed by atoms with Crippen LogP contribution in [0.15, 0.2) is 60.0 Å². The van der Waals surface area contributed by atoms with E-state index in [2.05, 4.69) is 15.6 Å². The summed E-state index contributed by atoms with van der Waals surface area (Å²) in [5, 5.41) is 8.06. The van der Waals surface area contributed by atoms with Gasteiger partial charge in [-0.1, -0.05) is 18.2 Å². The van der Waals surface area contributed by atoms with Crippen LogP contribution < -0.4 is 15.4 Å². The van der Waals surface area contributed by atoms with Crippen molar-refractivity contribution in [2.24, 2.45) is 0 Å². The number of methoxy groups -OCH3 is 1. The Labute approximate surface area is 184 Å². The van der Waals surface area contributed by atoms with Crippen LogP contribution in [-0.2, 0) is 4.79 Å². The highest BCUT2D eigenvalue weighted by Crippen LogP contribution is 2.26. The molecule has 1 atom stereocenters. The third-order valence-corrected chi connectivity index (χ3v) is 5.79. The van der Waals surface area contributed by atoms with Gasteiger partial charge in [-0.25, -0.2) is 4.98 Å². The number of ether oxygens (including phenoxy) is 1. The molecule has 8 heteroatoms. The monoisotopic (exact) mass is 441 g/mol. The molecule has 0 aliphatic carbocycles. The molecule has 2 N–H and O–H groups in total. The number of hydrogen-bond donors (Lipinski definition) is 2. The van der Waals surface area contributed by atoms with E-state index in [1.165, 1.54) is 11.3 Å². The fraction of sp³-hybridized carbons (Fsp3) is 0.227. The van der Waals surface area contributed by atoms with E-state index in [0.29, 0.717) is 17.1 Å². The van der Waals surface area contributed by atoms with Crippen molar-refractivity contribution < 1.29 is 14.3 Å². The van der Waals surface area contributed by atoms with E-state index in [0.717, 1.165) is 22.8 Å². The average Bonchev–Trinajstić information content (AvgIpc) is 3.25. The number of carbonyl (C=O) groups excluding carboxylic acids is 2. The fourth-order valence-corrected chi connectivity index (χ4v) is 3.95. The van der Waals surface area contributed by atoms with Gasteiger partial charge in [0.25, 0.3) is 5.91 Å². The number of thiazole rings is 1. The predicted octanol–water partition coefficient (Wildman–Crippen LogP) is 4.31. The van der Waals surface area contributed by atoms with Crippen LogP contribution in [0.1, 0.15) is 16.8 Å². The molecule has 1 aromatic heterocycles. The van der Waals surface area contributed by atoms with Gasteiger partial charge in [-0.2, -0.15) is 11.8 Å². The summed E-state index contributed by atoms with van der Waals surface area (Å²) in [7, 11) is 1.62. The van der Waals surface area contributed by atoms with Crippen LogP contribution in [0.25, 0.3) is 11.3 Å². The second kappa shape index (κ2) is 10.8. The van der Waals surface area contributed by atoms with Crippen LogP contribution >= 0.6 is 23.1 Å². The standard InChI is InChI=1S/C22H23N3O3S2/c1-28-17-10-8-15(9-11-17)19-14-30-22(24-19)25-21(27)18(12-13-29-2)23-20(26)16-6-4-3-5-7-16/h3-11,14,18H,12-13H2,1-2H3,(H,23,26)(H,24,25,27). The molecule has 2 aromatic carbocycles. The first-order valence-electron chi connectivity index (χ1n) is 9.36. The maximum atomic E-state index is 12.8. The molecule has 6 nitrogen and oxygen atoms in total. The first-order chi connectivity index (χ1) is 14.6. The molecular formula is C22H23N3O3S2. The zero-order chi connectivity index (χ0) is 21.3.